The van der Waals surface area contributed by atoms with E-state index in [1.54, 1.807) is 0 Å². The first-order valence-electron chi connectivity index (χ1n) is 4.78. The second-order valence-corrected chi connectivity index (χ2v) is 3.41. The molecule has 15 heavy (non-hydrogen) atoms. The molecule has 6 heteroatoms. The van der Waals surface area contributed by atoms with E-state index in [0.717, 1.165) is 0 Å². The number of esters is 1. The lowest BCUT2D eigenvalue weighted by Gasteiger charge is -2.14. The van der Waals surface area contributed by atoms with Gasteiger partial charge in [-0.1, -0.05) is 0 Å². The zero-order chi connectivity index (χ0) is 11.3. The zero-order valence-electron chi connectivity index (χ0n) is 8.59. The number of carbonyl (C=O) groups excluding carboxylic acids is 1. The van der Waals surface area contributed by atoms with Gasteiger partial charge in [0, 0.05) is 6.42 Å². The maximum atomic E-state index is 10.7. The van der Waals surface area contributed by atoms with Crippen molar-refractivity contribution in [2.24, 2.45) is 0 Å². The Bertz CT molecular complexity index is 207. The minimum atomic E-state index is -1.18. The summed E-state index contributed by atoms with van der Waals surface area (Å²) in [5.74, 6) is -0.533. The first-order valence-corrected chi connectivity index (χ1v) is 4.78. The lowest BCUT2D eigenvalue weighted by Crippen LogP contribution is -2.24. The smallest absolute Gasteiger partial charge is 0.310 e. The number of methoxy groups -OCH3 is 1. The summed E-state index contributed by atoms with van der Waals surface area (Å²) in [6.07, 6.45) is -1.57. The van der Waals surface area contributed by atoms with Crippen molar-refractivity contribution in [2.75, 3.05) is 20.3 Å². The lowest BCUT2D eigenvalue weighted by atomic mass is 10.2. The van der Waals surface area contributed by atoms with E-state index in [-0.39, 0.29) is 19.1 Å². The van der Waals surface area contributed by atoms with Crippen LogP contribution in [0.4, 0.5) is 0 Å². The van der Waals surface area contributed by atoms with Crippen LogP contribution in [0.2, 0.25) is 0 Å². The molecule has 0 aromatic heterocycles. The summed E-state index contributed by atoms with van der Waals surface area (Å²) >= 11 is 0. The van der Waals surface area contributed by atoms with Gasteiger partial charge in [-0.25, -0.2) is 0 Å². The number of aliphatic hydroxyl groups excluding tert-OH is 2. The Hall–Kier alpha value is -0.690. The molecule has 2 N–H and O–H groups in total. The molecule has 1 rings (SSSR count). The largest absolute Gasteiger partial charge is 0.469 e. The maximum Gasteiger partial charge on any atom is 0.310 e. The number of carbonyl (C=O) groups is 1. The molecule has 1 aliphatic rings. The Morgan fingerprint density at radius 1 is 1.67 bits per heavy atom. The van der Waals surface area contributed by atoms with E-state index in [0.29, 0.717) is 13.0 Å². The molecule has 3 unspecified atom stereocenters. The summed E-state index contributed by atoms with van der Waals surface area (Å²) in [5, 5.41) is 18.4. The SMILES string of the molecule is COC(=O)CC(O)OCC1CC(O)CO1. The van der Waals surface area contributed by atoms with Crippen molar-refractivity contribution in [1.29, 1.82) is 0 Å². The summed E-state index contributed by atoms with van der Waals surface area (Å²) in [6, 6.07) is 0. The first kappa shape index (κ1) is 12.4. The van der Waals surface area contributed by atoms with Gasteiger partial charge < -0.3 is 24.4 Å². The van der Waals surface area contributed by atoms with Crippen LogP contribution in [0.25, 0.3) is 0 Å². The van der Waals surface area contributed by atoms with Crippen molar-refractivity contribution in [2.45, 2.75) is 31.3 Å². The molecule has 88 valence electrons. The van der Waals surface area contributed by atoms with Gasteiger partial charge in [-0.2, -0.15) is 0 Å². The highest BCUT2D eigenvalue weighted by Gasteiger charge is 2.24. The van der Waals surface area contributed by atoms with E-state index in [9.17, 15) is 9.90 Å². The number of rotatable bonds is 5. The highest BCUT2D eigenvalue weighted by molar-refractivity contribution is 5.69. The van der Waals surface area contributed by atoms with Crippen LogP contribution in [0.15, 0.2) is 0 Å². The molecule has 0 spiro atoms. The third-order valence-electron chi connectivity index (χ3n) is 2.10. The highest BCUT2D eigenvalue weighted by atomic mass is 16.6. The van der Waals surface area contributed by atoms with E-state index < -0.39 is 18.4 Å². The molecule has 1 fully saturated rings. The van der Waals surface area contributed by atoms with Crippen LogP contribution in [0.1, 0.15) is 12.8 Å². The third kappa shape index (κ3) is 4.57. The van der Waals surface area contributed by atoms with Gasteiger partial charge in [0.15, 0.2) is 6.29 Å². The number of aliphatic hydroxyl groups is 2. The quantitative estimate of drug-likeness (QED) is 0.458. The summed E-state index contributed by atoms with van der Waals surface area (Å²) in [5.41, 5.74) is 0. The third-order valence-corrected chi connectivity index (χ3v) is 2.10. The van der Waals surface area contributed by atoms with Crippen LogP contribution in [-0.4, -0.2) is 55.0 Å². The fourth-order valence-corrected chi connectivity index (χ4v) is 1.31. The van der Waals surface area contributed by atoms with Crippen LogP contribution in [0, 0.1) is 0 Å². The Kier molecular flexibility index (Phi) is 4.97. The Labute approximate surface area is 87.7 Å². The average Bonchev–Trinajstić information content (AvgIpc) is 2.61. The highest BCUT2D eigenvalue weighted by Crippen LogP contribution is 2.13. The normalized spacial score (nSPS) is 27.7. The fraction of sp³-hybridized carbons (Fsp3) is 0.889. The van der Waals surface area contributed by atoms with Crippen molar-refractivity contribution >= 4 is 5.97 Å². The van der Waals surface area contributed by atoms with Gasteiger partial charge in [-0.15, -0.1) is 0 Å². The molecule has 1 saturated heterocycles. The monoisotopic (exact) mass is 220 g/mol. The molecule has 1 heterocycles. The van der Waals surface area contributed by atoms with Crippen LogP contribution in [0.3, 0.4) is 0 Å². The van der Waals surface area contributed by atoms with E-state index in [1.165, 1.54) is 7.11 Å². The van der Waals surface area contributed by atoms with Crippen molar-refractivity contribution in [1.82, 2.24) is 0 Å². The van der Waals surface area contributed by atoms with Gasteiger partial charge in [-0.05, 0) is 0 Å². The van der Waals surface area contributed by atoms with Crippen LogP contribution in [0.5, 0.6) is 0 Å². The lowest BCUT2D eigenvalue weighted by molar-refractivity contribution is -0.160. The molecule has 3 atom stereocenters. The number of hydrogen-bond donors (Lipinski definition) is 2. The van der Waals surface area contributed by atoms with Crippen LogP contribution < -0.4 is 0 Å². The molecule has 0 bridgehead atoms. The summed E-state index contributed by atoms with van der Waals surface area (Å²) in [7, 11) is 1.24. The van der Waals surface area contributed by atoms with E-state index in [1.807, 2.05) is 0 Å². The molecular formula is C9H16O6. The Morgan fingerprint density at radius 3 is 2.93 bits per heavy atom. The first-order chi connectivity index (χ1) is 7.11. The van der Waals surface area contributed by atoms with Crippen molar-refractivity contribution in [3.63, 3.8) is 0 Å². The van der Waals surface area contributed by atoms with Crippen molar-refractivity contribution < 1.29 is 29.2 Å². The van der Waals surface area contributed by atoms with Crippen molar-refractivity contribution in [3.8, 4) is 0 Å². The Balaban J connectivity index is 2.11. The minimum Gasteiger partial charge on any atom is -0.469 e. The molecule has 1 aliphatic heterocycles. The number of ether oxygens (including phenoxy) is 3. The predicted octanol–water partition coefficient (Wildman–Crippen LogP) is -0.966. The van der Waals surface area contributed by atoms with Gasteiger partial charge in [0.05, 0.1) is 39.0 Å². The molecule has 0 aromatic carbocycles. The standard InChI is InChI=1S/C9H16O6/c1-13-8(11)3-9(12)15-5-7-2-6(10)4-14-7/h6-7,9-10,12H,2-5H2,1H3. The van der Waals surface area contributed by atoms with Crippen LogP contribution in [-0.2, 0) is 19.0 Å². The van der Waals surface area contributed by atoms with Crippen LogP contribution >= 0.6 is 0 Å². The van der Waals surface area contributed by atoms with E-state index in [2.05, 4.69) is 4.74 Å². The summed E-state index contributed by atoms with van der Waals surface area (Å²) in [4.78, 5) is 10.7. The van der Waals surface area contributed by atoms with E-state index in [4.69, 9.17) is 14.6 Å². The maximum absolute atomic E-state index is 10.7. The average molecular weight is 220 g/mol. The zero-order valence-corrected chi connectivity index (χ0v) is 8.59. The second-order valence-electron chi connectivity index (χ2n) is 3.41. The molecule has 0 aromatic rings. The van der Waals surface area contributed by atoms with Gasteiger partial charge in [0.1, 0.15) is 0 Å². The molecule has 0 radical (unpaired) electrons. The molecule has 0 saturated carbocycles. The van der Waals surface area contributed by atoms with Gasteiger partial charge >= 0.3 is 5.97 Å². The number of hydrogen-bond acceptors (Lipinski definition) is 6. The second kappa shape index (κ2) is 6.02. The minimum absolute atomic E-state index is 0.162. The fourth-order valence-electron chi connectivity index (χ4n) is 1.31. The van der Waals surface area contributed by atoms with Crippen molar-refractivity contribution in [3.05, 3.63) is 0 Å². The molecule has 0 aliphatic carbocycles. The predicted molar refractivity (Wildman–Crippen MR) is 49.0 cm³/mol. The summed E-state index contributed by atoms with van der Waals surface area (Å²) < 4.78 is 14.5. The van der Waals surface area contributed by atoms with Gasteiger partial charge in [0.25, 0.3) is 0 Å². The molecule has 0 amide bonds. The molecular weight excluding hydrogens is 204 g/mol. The van der Waals surface area contributed by atoms with E-state index >= 15 is 0 Å². The topological polar surface area (TPSA) is 85.2 Å². The summed E-state index contributed by atoms with van der Waals surface area (Å²) in [6.45, 7) is 0.455. The van der Waals surface area contributed by atoms with Gasteiger partial charge in [-0.3, -0.25) is 4.79 Å². The van der Waals surface area contributed by atoms with Gasteiger partial charge in [0.2, 0.25) is 0 Å². The molecule has 6 nitrogen and oxygen atoms in total. The Morgan fingerprint density at radius 2 is 2.40 bits per heavy atom.